The van der Waals surface area contributed by atoms with Crippen LogP contribution in [0.2, 0.25) is 0 Å². The normalized spacial score (nSPS) is 15.1. The molecule has 3 heterocycles. The quantitative estimate of drug-likeness (QED) is 0.461. The summed E-state index contributed by atoms with van der Waals surface area (Å²) in [7, 11) is -2.41. The van der Waals surface area contributed by atoms with Crippen LogP contribution in [0.3, 0.4) is 0 Å². The Morgan fingerprint density at radius 1 is 1.15 bits per heavy atom. The SMILES string of the molecule is CP(C)(=O)c1cc(Br)c(C=C2C(=O)Nc3cc(-c4cccnc4)ccc32)[nH]1. The maximum absolute atomic E-state index is 12.5. The molecule has 27 heavy (non-hydrogen) atoms. The van der Waals surface area contributed by atoms with Crippen molar-refractivity contribution < 1.29 is 9.36 Å². The second kappa shape index (κ2) is 6.63. The van der Waals surface area contributed by atoms with E-state index in [9.17, 15) is 9.36 Å². The summed E-state index contributed by atoms with van der Waals surface area (Å²) in [6, 6.07) is 11.5. The molecule has 0 fully saturated rings. The van der Waals surface area contributed by atoms with E-state index in [1.807, 2.05) is 36.4 Å². The van der Waals surface area contributed by atoms with E-state index >= 15 is 0 Å². The van der Waals surface area contributed by atoms with E-state index < -0.39 is 7.14 Å². The number of carbonyl (C=O) groups excluding carboxylic acids is 1. The van der Waals surface area contributed by atoms with Gasteiger partial charge in [0.25, 0.3) is 5.91 Å². The fourth-order valence-electron chi connectivity index (χ4n) is 3.02. The van der Waals surface area contributed by atoms with Crippen LogP contribution in [0.15, 0.2) is 53.3 Å². The monoisotopic (exact) mass is 441 g/mol. The second-order valence-electron chi connectivity index (χ2n) is 6.78. The van der Waals surface area contributed by atoms with Crippen molar-refractivity contribution in [3.8, 4) is 11.1 Å². The third-order valence-corrected chi connectivity index (χ3v) is 6.51. The predicted octanol–water partition coefficient (Wildman–Crippen LogP) is 4.58. The topological polar surface area (TPSA) is 74.8 Å². The lowest BCUT2D eigenvalue weighted by molar-refractivity contribution is -0.110. The van der Waals surface area contributed by atoms with Crippen molar-refractivity contribution in [3.63, 3.8) is 0 Å². The van der Waals surface area contributed by atoms with Gasteiger partial charge in [0.15, 0.2) is 0 Å². The first-order chi connectivity index (χ1) is 12.8. The number of rotatable bonds is 3. The molecule has 2 aromatic heterocycles. The Hall–Kier alpha value is -2.43. The molecular formula is C20H17BrN3O2P. The summed E-state index contributed by atoms with van der Waals surface area (Å²) in [5, 5.41) is 2.92. The van der Waals surface area contributed by atoms with Gasteiger partial charge in [-0.1, -0.05) is 18.2 Å². The fourth-order valence-corrected chi connectivity index (χ4v) is 4.47. The van der Waals surface area contributed by atoms with Crippen LogP contribution in [0, 0.1) is 0 Å². The maximum Gasteiger partial charge on any atom is 0.256 e. The molecule has 1 aliphatic rings. The van der Waals surface area contributed by atoms with Crippen LogP contribution < -0.4 is 10.8 Å². The molecule has 2 N–H and O–H groups in total. The summed E-state index contributed by atoms with van der Waals surface area (Å²) >= 11 is 3.48. The van der Waals surface area contributed by atoms with Gasteiger partial charge >= 0.3 is 0 Å². The predicted molar refractivity (Wildman–Crippen MR) is 114 cm³/mol. The van der Waals surface area contributed by atoms with Crippen molar-refractivity contribution >= 4 is 51.8 Å². The number of nitrogens with zero attached hydrogens (tertiary/aromatic N) is 1. The first-order valence-corrected chi connectivity index (χ1v) is 11.7. The van der Waals surface area contributed by atoms with Crippen LogP contribution in [-0.2, 0) is 9.36 Å². The minimum absolute atomic E-state index is 0.160. The molecular weight excluding hydrogens is 425 g/mol. The molecule has 1 amide bonds. The molecule has 4 rings (SSSR count). The van der Waals surface area contributed by atoms with Crippen LogP contribution in [0.4, 0.5) is 5.69 Å². The van der Waals surface area contributed by atoms with Gasteiger partial charge in [0, 0.05) is 33.7 Å². The Bertz CT molecular complexity index is 1130. The van der Waals surface area contributed by atoms with Crippen LogP contribution in [0.1, 0.15) is 11.3 Å². The fraction of sp³-hybridized carbons (Fsp3) is 0.100. The minimum atomic E-state index is -2.41. The van der Waals surface area contributed by atoms with Crippen LogP contribution in [-0.4, -0.2) is 29.2 Å². The van der Waals surface area contributed by atoms with Gasteiger partial charge in [0.2, 0.25) is 0 Å². The number of amides is 1. The van der Waals surface area contributed by atoms with Crippen LogP contribution in [0.25, 0.3) is 22.8 Å². The Kier molecular flexibility index (Phi) is 4.41. The average molecular weight is 442 g/mol. The molecule has 7 heteroatoms. The van der Waals surface area contributed by atoms with Crippen LogP contribution >= 0.6 is 23.1 Å². The number of carbonyl (C=O) groups is 1. The molecule has 1 aromatic carbocycles. The standard InChI is InChI=1S/C20H17BrN3O2P/c1-27(2,26)19-10-16(21)18(23-19)9-15-14-6-5-12(8-17(14)24-20(15)25)13-4-3-7-22-11-13/h3-11,23H,1-2H3,(H,24,25). The lowest BCUT2D eigenvalue weighted by Crippen LogP contribution is -2.04. The summed E-state index contributed by atoms with van der Waals surface area (Å²) in [5.74, 6) is -0.160. The molecule has 0 saturated carbocycles. The molecule has 1 aliphatic heterocycles. The second-order valence-corrected chi connectivity index (χ2v) is 10.8. The Balaban J connectivity index is 1.75. The highest BCUT2D eigenvalue weighted by molar-refractivity contribution is 9.10. The molecule has 0 unspecified atom stereocenters. The van der Waals surface area contributed by atoms with Crippen molar-refractivity contribution in [2.75, 3.05) is 18.6 Å². The number of benzene rings is 1. The number of H-pyrrole nitrogens is 1. The van der Waals surface area contributed by atoms with Gasteiger partial charge in [0.1, 0.15) is 7.14 Å². The largest absolute Gasteiger partial charge is 0.352 e. The Morgan fingerprint density at radius 3 is 2.63 bits per heavy atom. The molecule has 0 aliphatic carbocycles. The van der Waals surface area contributed by atoms with E-state index in [-0.39, 0.29) is 5.91 Å². The van der Waals surface area contributed by atoms with E-state index in [1.165, 1.54) is 0 Å². The molecule has 0 atom stereocenters. The van der Waals surface area contributed by atoms with Crippen molar-refractivity contribution in [2.45, 2.75) is 0 Å². The summed E-state index contributed by atoms with van der Waals surface area (Å²) in [6.07, 6.45) is 5.31. The summed E-state index contributed by atoms with van der Waals surface area (Å²) in [5.41, 5.74) is 5.56. The Morgan fingerprint density at radius 2 is 1.96 bits per heavy atom. The molecule has 0 saturated heterocycles. The highest BCUT2D eigenvalue weighted by Gasteiger charge is 2.25. The maximum atomic E-state index is 12.5. The molecule has 136 valence electrons. The van der Waals surface area contributed by atoms with E-state index in [1.54, 1.807) is 31.8 Å². The first-order valence-electron chi connectivity index (χ1n) is 8.35. The number of nitrogens with one attached hydrogen (secondary N) is 2. The van der Waals surface area contributed by atoms with Crippen molar-refractivity contribution in [1.29, 1.82) is 0 Å². The molecule has 0 bridgehead atoms. The van der Waals surface area contributed by atoms with E-state index in [0.717, 1.165) is 32.5 Å². The molecule has 3 aromatic rings. The zero-order valence-corrected chi connectivity index (χ0v) is 17.3. The number of fused-ring (bicyclic) bond motifs is 1. The minimum Gasteiger partial charge on any atom is -0.352 e. The van der Waals surface area contributed by atoms with Gasteiger partial charge in [-0.3, -0.25) is 9.78 Å². The highest BCUT2D eigenvalue weighted by atomic mass is 79.9. The first kappa shape index (κ1) is 18.0. The van der Waals surface area contributed by atoms with Gasteiger partial charge in [-0.15, -0.1) is 0 Å². The third kappa shape index (κ3) is 3.43. The molecule has 0 radical (unpaired) electrons. The number of halogens is 1. The summed E-state index contributed by atoms with van der Waals surface area (Å²) in [6.45, 7) is 3.42. The van der Waals surface area contributed by atoms with Crippen LogP contribution in [0.5, 0.6) is 0 Å². The van der Waals surface area contributed by atoms with Gasteiger partial charge in [0.05, 0.1) is 16.7 Å². The van der Waals surface area contributed by atoms with Crippen molar-refractivity contribution in [1.82, 2.24) is 9.97 Å². The van der Waals surface area contributed by atoms with Gasteiger partial charge in [-0.2, -0.15) is 0 Å². The number of hydrogen-bond donors (Lipinski definition) is 2. The number of pyridine rings is 1. The van der Waals surface area contributed by atoms with Gasteiger partial charge in [-0.05, 0) is 59.1 Å². The number of anilines is 1. The smallest absolute Gasteiger partial charge is 0.256 e. The van der Waals surface area contributed by atoms with E-state index in [0.29, 0.717) is 11.0 Å². The molecule has 0 spiro atoms. The van der Waals surface area contributed by atoms with Gasteiger partial charge in [-0.25, -0.2) is 0 Å². The van der Waals surface area contributed by atoms with Gasteiger partial charge < -0.3 is 14.9 Å². The van der Waals surface area contributed by atoms with Crippen molar-refractivity contribution in [3.05, 3.63) is 64.5 Å². The summed E-state index contributed by atoms with van der Waals surface area (Å²) < 4.78 is 13.1. The highest BCUT2D eigenvalue weighted by Crippen LogP contribution is 2.39. The number of aromatic amines is 1. The zero-order chi connectivity index (χ0) is 19.2. The number of hydrogen-bond acceptors (Lipinski definition) is 3. The van der Waals surface area contributed by atoms with E-state index in [2.05, 4.69) is 31.2 Å². The van der Waals surface area contributed by atoms with Crippen molar-refractivity contribution in [2.24, 2.45) is 0 Å². The summed E-state index contributed by atoms with van der Waals surface area (Å²) in [4.78, 5) is 19.8. The lowest BCUT2D eigenvalue weighted by atomic mass is 10.0. The van der Waals surface area contributed by atoms with E-state index in [4.69, 9.17) is 0 Å². The lowest BCUT2D eigenvalue weighted by Gasteiger charge is -2.04. The Labute approximate surface area is 165 Å². The molecule has 5 nitrogen and oxygen atoms in total. The zero-order valence-electron chi connectivity index (χ0n) is 14.8. The third-order valence-electron chi connectivity index (χ3n) is 4.45. The average Bonchev–Trinajstić information content (AvgIpc) is 3.16. The number of aromatic nitrogens is 2.